The number of hydrogen-bond donors (Lipinski definition) is 0. The highest BCUT2D eigenvalue weighted by molar-refractivity contribution is 6.66. The van der Waals surface area contributed by atoms with E-state index in [4.69, 9.17) is 39.2 Å². The summed E-state index contributed by atoms with van der Waals surface area (Å²) in [6, 6.07) is 0. The van der Waals surface area contributed by atoms with Gasteiger partial charge in [-0.1, -0.05) is 59.1 Å². The molecular formula is C10H9Cl3N2O. The van der Waals surface area contributed by atoms with Crippen LogP contribution in [0.3, 0.4) is 0 Å². The molecule has 1 aromatic heterocycles. The van der Waals surface area contributed by atoms with Crippen LogP contribution in [-0.2, 0) is 9.21 Å². The molecule has 1 aliphatic carbocycles. The van der Waals surface area contributed by atoms with Crippen molar-refractivity contribution >= 4 is 34.8 Å². The van der Waals surface area contributed by atoms with Crippen LogP contribution in [0.4, 0.5) is 0 Å². The Labute approximate surface area is 108 Å². The Bertz CT molecular complexity index is 447. The van der Waals surface area contributed by atoms with E-state index in [1.165, 1.54) is 0 Å². The van der Waals surface area contributed by atoms with Gasteiger partial charge in [-0.05, 0) is 13.3 Å². The highest BCUT2D eigenvalue weighted by Gasteiger charge is 2.35. The molecule has 0 spiro atoms. The Kier molecular flexibility index (Phi) is 3.03. The zero-order valence-corrected chi connectivity index (χ0v) is 10.7. The van der Waals surface area contributed by atoms with E-state index in [0.29, 0.717) is 5.89 Å². The molecular weight excluding hydrogens is 270 g/mol. The average Bonchev–Trinajstić information content (AvgIpc) is 2.67. The molecule has 0 N–H and O–H groups in total. The van der Waals surface area contributed by atoms with Gasteiger partial charge in [-0.15, -0.1) is 10.2 Å². The lowest BCUT2D eigenvalue weighted by Crippen LogP contribution is -2.19. The molecule has 1 heterocycles. The third-order valence-electron chi connectivity index (χ3n) is 2.41. The first-order valence-electron chi connectivity index (χ1n) is 4.67. The second-order valence-electron chi connectivity index (χ2n) is 3.82. The SMILES string of the molecule is CC1(c2nnc(C(Cl)(Cl)Cl)o2)C=CC=CC1. The maximum atomic E-state index is 5.66. The topological polar surface area (TPSA) is 38.9 Å². The van der Waals surface area contributed by atoms with E-state index in [1.54, 1.807) is 0 Å². The van der Waals surface area contributed by atoms with Gasteiger partial charge < -0.3 is 4.42 Å². The van der Waals surface area contributed by atoms with Gasteiger partial charge in [0.25, 0.3) is 9.68 Å². The highest BCUT2D eigenvalue weighted by atomic mass is 35.6. The molecule has 0 saturated carbocycles. The first kappa shape index (κ1) is 12.0. The van der Waals surface area contributed by atoms with Crippen molar-refractivity contribution in [3.63, 3.8) is 0 Å². The van der Waals surface area contributed by atoms with Crippen molar-refractivity contribution < 1.29 is 4.42 Å². The predicted molar refractivity (Wildman–Crippen MR) is 63.8 cm³/mol. The molecule has 1 aromatic rings. The van der Waals surface area contributed by atoms with Crippen molar-refractivity contribution in [2.24, 2.45) is 0 Å². The minimum absolute atomic E-state index is 0.00308. The molecule has 0 aliphatic heterocycles. The quantitative estimate of drug-likeness (QED) is 0.736. The molecule has 3 nitrogen and oxygen atoms in total. The van der Waals surface area contributed by atoms with Crippen LogP contribution in [0, 0.1) is 0 Å². The smallest absolute Gasteiger partial charge is 0.268 e. The fourth-order valence-corrected chi connectivity index (χ4v) is 1.68. The number of alkyl halides is 3. The van der Waals surface area contributed by atoms with Crippen molar-refractivity contribution in [2.45, 2.75) is 22.6 Å². The zero-order valence-electron chi connectivity index (χ0n) is 8.45. The lowest BCUT2D eigenvalue weighted by atomic mass is 9.84. The van der Waals surface area contributed by atoms with E-state index in [-0.39, 0.29) is 11.3 Å². The molecule has 0 amide bonds. The van der Waals surface area contributed by atoms with Crippen LogP contribution < -0.4 is 0 Å². The Balaban J connectivity index is 2.32. The van der Waals surface area contributed by atoms with E-state index in [1.807, 2.05) is 31.2 Å². The summed E-state index contributed by atoms with van der Waals surface area (Å²) in [4.78, 5) is 0. The molecule has 86 valence electrons. The molecule has 0 radical (unpaired) electrons. The fourth-order valence-electron chi connectivity index (χ4n) is 1.45. The molecule has 0 aromatic carbocycles. The molecule has 1 aliphatic rings. The van der Waals surface area contributed by atoms with E-state index < -0.39 is 3.79 Å². The van der Waals surface area contributed by atoms with Crippen LogP contribution in [0.25, 0.3) is 0 Å². The van der Waals surface area contributed by atoms with Gasteiger partial charge in [0, 0.05) is 0 Å². The Morgan fingerprint density at radius 1 is 1.31 bits per heavy atom. The summed E-state index contributed by atoms with van der Waals surface area (Å²) >= 11 is 17.0. The molecule has 6 heteroatoms. The molecule has 0 bridgehead atoms. The van der Waals surface area contributed by atoms with Crippen LogP contribution in [-0.4, -0.2) is 10.2 Å². The van der Waals surface area contributed by atoms with Crippen molar-refractivity contribution in [1.82, 2.24) is 10.2 Å². The first-order chi connectivity index (χ1) is 7.42. The van der Waals surface area contributed by atoms with Crippen molar-refractivity contribution in [1.29, 1.82) is 0 Å². The van der Waals surface area contributed by atoms with Crippen molar-refractivity contribution in [3.8, 4) is 0 Å². The third-order valence-corrected chi connectivity index (χ3v) is 2.89. The zero-order chi connectivity index (χ0) is 11.8. The normalized spacial score (nSPS) is 25.0. The minimum Gasteiger partial charge on any atom is -0.420 e. The van der Waals surface area contributed by atoms with Gasteiger partial charge in [0.2, 0.25) is 5.89 Å². The lowest BCUT2D eigenvalue weighted by Gasteiger charge is -2.21. The average molecular weight is 280 g/mol. The Morgan fingerprint density at radius 3 is 2.56 bits per heavy atom. The number of hydrogen-bond acceptors (Lipinski definition) is 3. The summed E-state index contributed by atoms with van der Waals surface area (Å²) in [7, 11) is 0. The summed E-state index contributed by atoms with van der Waals surface area (Å²) in [5.74, 6) is 0.450. The first-order valence-corrected chi connectivity index (χ1v) is 5.81. The van der Waals surface area contributed by atoms with Gasteiger partial charge in [0.1, 0.15) is 0 Å². The standard InChI is InChI=1S/C10H9Cl3N2O/c1-9(5-3-2-4-6-9)7-14-15-8(16-7)10(11,12)13/h2-5H,6H2,1H3. The molecule has 0 saturated heterocycles. The lowest BCUT2D eigenvalue weighted by molar-refractivity contribution is 0.380. The van der Waals surface area contributed by atoms with Crippen LogP contribution in [0.2, 0.25) is 0 Å². The second-order valence-corrected chi connectivity index (χ2v) is 6.10. The van der Waals surface area contributed by atoms with Gasteiger partial charge in [-0.3, -0.25) is 0 Å². The van der Waals surface area contributed by atoms with Crippen molar-refractivity contribution in [3.05, 3.63) is 36.1 Å². The van der Waals surface area contributed by atoms with E-state index in [0.717, 1.165) is 6.42 Å². The minimum atomic E-state index is -1.67. The molecule has 0 fully saturated rings. The summed E-state index contributed by atoms with van der Waals surface area (Å²) < 4.78 is 3.72. The molecule has 1 unspecified atom stereocenters. The number of aromatic nitrogens is 2. The van der Waals surface area contributed by atoms with Crippen LogP contribution in [0.5, 0.6) is 0 Å². The van der Waals surface area contributed by atoms with Gasteiger partial charge in [-0.2, -0.15) is 0 Å². The van der Waals surface area contributed by atoms with Crippen LogP contribution in [0.1, 0.15) is 25.1 Å². The summed E-state index contributed by atoms with van der Waals surface area (Å²) in [6.07, 6.45) is 8.70. The number of rotatable bonds is 1. The monoisotopic (exact) mass is 278 g/mol. The van der Waals surface area contributed by atoms with E-state index in [9.17, 15) is 0 Å². The highest BCUT2D eigenvalue weighted by Crippen LogP contribution is 2.39. The molecule has 1 atom stereocenters. The summed E-state index contributed by atoms with van der Waals surface area (Å²) in [5.41, 5.74) is -0.323. The molecule has 2 rings (SSSR count). The Hall–Kier alpha value is -0.510. The summed E-state index contributed by atoms with van der Waals surface area (Å²) in [6.45, 7) is 1.99. The summed E-state index contributed by atoms with van der Waals surface area (Å²) in [5, 5.41) is 7.66. The number of halogens is 3. The third kappa shape index (κ3) is 2.26. The van der Waals surface area contributed by atoms with E-state index >= 15 is 0 Å². The molecule has 16 heavy (non-hydrogen) atoms. The maximum Gasteiger partial charge on any atom is 0.268 e. The van der Waals surface area contributed by atoms with Crippen LogP contribution >= 0.6 is 34.8 Å². The van der Waals surface area contributed by atoms with Crippen molar-refractivity contribution in [2.75, 3.05) is 0 Å². The Morgan fingerprint density at radius 2 is 2.06 bits per heavy atom. The van der Waals surface area contributed by atoms with Gasteiger partial charge in [0.15, 0.2) is 0 Å². The second kappa shape index (κ2) is 4.06. The number of allylic oxidation sites excluding steroid dienone is 4. The van der Waals surface area contributed by atoms with Gasteiger partial charge >= 0.3 is 0 Å². The van der Waals surface area contributed by atoms with Gasteiger partial charge in [0.05, 0.1) is 5.41 Å². The van der Waals surface area contributed by atoms with Gasteiger partial charge in [-0.25, -0.2) is 0 Å². The van der Waals surface area contributed by atoms with Crippen LogP contribution in [0.15, 0.2) is 28.7 Å². The fraction of sp³-hybridized carbons (Fsp3) is 0.400. The predicted octanol–water partition coefficient (Wildman–Crippen LogP) is 3.67. The largest absolute Gasteiger partial charge is 0.420 e. The maximum absolute atomic E-state index is 5.66. The van der Waals surface area contributed by atoms with E-state index in [2.05, 4.69) is 10.2 Å². The number of nitrogens with zero attached hydrogens (tertiary/aromatic N) is 2.